The minimum atomic E-state index is -0.156. The number of benzene rings is 1. The van der Waals surface area contributed by atoms with Crippen LogP contribution in [0.4, 0.5) is 5.69 Å². The first kappa shape index (κ1) is 24.9. The van der Waals surface area contributed by atoms with Gasteiger partial charge >= 0.3 is 0 Å². The van der Waals surface area contributed by atoms with Crippen molar-refractivity contribution in [1.82, 2.24) is 24.6 Å². The van der Waals surface area contributed by atoms with E-state index < -0.39 is 0 Å². The van der Waals surface area contributed by atoms with E-state index in [1.165, 1.54) is 18.4 Å². The molecule has 0 bridgehead atoms. The van der Waals surface area contributed by atoms with Gasteiger partial charge in [0.05, 0.1) is 24.9 Å². The van der Waals surface area contributed by atoms with Crippen molar-refractivity contribution in [2.75, 3.05) is 31.2 Å². The molecular weight excluding hydrogens is 488 g/mol. The first-order valence-electron chi connectivity index (χ1n) is 14.5. The van der Waals surface area contributed by atoms with E-state index >= 15 is 0 Å². The number of ether oxygens (including phenoxy) is 1. The van der Waals surface area contributed by atoms with Crippen molar-refractivity contribution in [2.45, 2.75) is 63.5 Å². The van der Waals surface area contributed by atoms with E-state index in [-0.39, 0.29) is 23.4 Å². The summed E-state index contributed by atoms with van der Waals surface area (Å²) in [4.78, 5) is 23.7. The number of anilines is 1. The Morgan fingerprint density at radius 2 is 2.03 bits per heavy atom. The fourth-order valence-corrected chi connectivity index (χ4v) is 6.92. The van der Waals surface area contributed by atoms with Crippen molar-refractivity contribution in [3.8, 4) is 0 Å². The van der Waals surface area contributed by atoms with Gasteiger partial charge in [0.15, 0.2) is 0 Å². The Balaban J connectivity index is 1.21. The fraction of sp³-hybridized carbons (Fsp3) is 0.548. The molecule has 3 fully saturated rings. The molecule has 1 aromatic carbocycles. The van der Waals surface area contributed by atoms with Crippen LogP contribution >= 0.6 is 0 Å². The molecule has 7 rings (SSSR count). The predicted molar refractivity (Wildman–Crippen MR) is 149 cm³/mol. The number of hydrogen-bond donors (Lipinski definition) is 0. The third-order valence-electron chi connectivity index (χ3n) is 9.53. The van der Waals surface area contributed by atoms with Gasteiger partial charge in [0.2, 0.25) is 0 Å². The van der Waals surface area contributed by atoms with E-state index in [1.807, 2.05) is 17.8 Å². The van der Waals surface area contributed by atoms with Crippen LogP contribution in [0.15, 0.2) is 42.9 Å². The molecule has 0 N–H and O–H groups in total. The van der Waals surface area contributed by atoms with Crippen molar-refractivity contribution in [3.05, 3.63) is 71.1 Å². The van der Waals surface area contributed by atoms with Gasteiger partial charge in [0, 0.05) is 54.5 Å². The Bertz CT molecular complexity index is 1390. The van der Waals surface area contributed by atoms with Crippen molar-refractivity contribution in [2.24, 2.45) is 18.9 Å². The van der Waals surface area contributed by atoms with Crippen LogP contribution in [0.3, 0.4) is 0 Å². The molecule has 4 aliphatic rings. The summed E-state index contributed by atoms with van der Waals surface area (Å²) in [5.74, 6) is 2.25. The van der Waals surface area contributed by atoms with Crippen molar-refractivity contribution < 1.29 is 9.53 Å². The van der Waals surface area contributed by atoms with Crippen LogP contribution in [0.2, 0.25) is 0 Å². The van der Waals surface area contributed by atoms with Crippen LogP contribution in [0, 0.1) is 11.8 Å². The highest BCUT2D eigenvalue weighted by molar-refractivity contribution is 6.11. The average molecular weight is 527 g/mol. The molecule has 204 valence electrons. The van der Waals surface area contributed by atoms with E-state index in [1.54, 1.807) is 6.33 Å². The molecule has 1 saturated carbocycles. The minimum absolute atomic E-state index is 0.0574. The normalized spacial score (nSPS) is 25.4. The van der Waals surface area contributed by atoms with Gasteiger partial charge in [0.25, 0.3) is 5.91 Å². The molecule has 3 aromatic rings. The number of hydrogen-bond acceptors (Lipinski definition) is 6. The summed E-state index contributed by atoms with van der Waals surface area (Å²) >= 11 is 0. The molecule has 0 radical (unpaired) electrons. The number of amides is 1. The summed E-state index contributed by atoms with van der Waals surface area (Å²) in [6.45, 7) is 8.05. The lowest BCUT2D eigenvalue weighted by molar-refractivity contribution is -0.0611. The van der Waals surface area contributed by atoms with E-state index in [9.17, 15) is 4.79 Å². The van der Waals surface area contributed by atoms with Gasteiger partial charge < -0.3 is 14.2 Å². The number of piperidine rings is 1. The van der Waals surface area contributed by atoms with Crippen molar-refractivity contribution in [1.29, 1.82) is 0 Å². The number of pyridine rings is 1. The van der Waals surface area contributed by atoms with Gasteiger partial charge in [0.1, 0.15) is 12.2 Å². The van der Waals surface area contributed by atoms with Gasteiger partial charge in [-0.1, -0.05) is 19.1 Å². The lowest BCUT2D eigenvalue weighted by atomic mass is 9.75. The number of nitrogens with zero attached hydrogens (tertiary/aromatic N) is 6. The first-order chi connectivity index (χ1) is 18.9. The third kappa shape index (κ3) is 4.28. The van der Waals surface area contributed by atoms with Gasteiger partial charge in [-0.3, -0.25) is 14.7 Å². The standard InChI is InChI=1S/C31H38N6O2/c1-20-6-5-11-36(16-20)21(2)27-13-25-26(15-32-27)29(22-9-10-22)37(30(25)38)24-8-4-7-23(12-24)31(17-39-18-31)14-28-34-33-19-35(28)3/h4,7-8,12-13,15,19-22,29H,5-6,9-11,14,16-18H2,1-3H3/t20-,21-,29?/m0/s1. The Morgan fingerprint density at radius 1 is 1.18 bits per heavy atom. The molecule has 39 heavy (non-hydrogen) atoms. The van der Waals surface area contributed by atoms with E-state index in [0.29, 0.717) is 25.0 Å². The number of carbonyl (C=O) groups is 1. The van der Waals surface area contributed by atoms with Crippen LogP contribution < -0.4 is 4.90 Å². The number of fused-ring (bicyclic) bond motifs is 1. The Kier molecular flexibility index (Phi) is 6.08. The second kappa shape index (κ2) is 9.52. The SMILES string of the molecule is C[C@H]1CCCN([C@@H](C)c2cc3c(cn2)C(C2CC2)N(c2cccc(C4(Cc5nncn5C)COC4)c2)C3=O)C1. The largest absolute Gasteiger partial charge is 0.379 e. The Labute approximate surface area is 230 Å². The van der Waals surface area contributed by atoms with Crippen LogP contribution in [0.25, 0.3) is 0 Å². The molecule has 1 unspecified atom stereocenters. The molecule has 0 spiro atoms. The van der Waals surface area contributed by atoms with Crippen LogP contribution in [0.1, 0.15) is 84.6 Å². The number of rotatable bonds is 7. The van der Waals surface area contributed by atoms with E-state index in [4.69, 9.17) is 9.72 Å². The Morgan fingerprint density at radius 3 is 2.72 bits per heavy atom. The molecule has 3 aliphatic heterocycles. The summed E-state index contributed by atoms with van der Waals surface area (Å²) in [6.07, 6.45) is 9.34. The molecule has 3 atom stereocenters. The van der Waals surface area contributed by atoms with Crippen LogP contribution in [-0.4, -0.2) is 56.9 Å². The second-order valence-corrected chi connectivity index (χ2v) is 12.4. The smallest absolute Gasteiger partial charge is 0.259 e. The van der Waals surface area contributed by atoms with Gasteiger partial charge in [-0.2, -0.15) is 0 Å². The molecule has 1 amide bonds. The lowest BCUT2D eigenvalue weighted by Crippen LogP contribution is -2.49. The zero-order valence-electron chi connectivity index (χ0n) is 23.2. The third-order valence-corrected chi connectivity index (χ3v) is 9.53. The van der Waals surface area contributed by atoms with Gasteiger partial charge in [-0.25, -0.2) is 0 Å². The predicted octanol–water partition coefficient (Wildman–Crippen LogP) is 4.63. The summed E-state index contributed by atoms with van der Waals surface area (Å²) in [6, 6.07) is 10.9. The maximum atomic E-state index is 14.1. The number of likely N-dealkylation sites (tertiary alicyclic amines) is 1. The van der Waals surface area contributed by atoms with Crippen molar-refractivity contribution >= 4 is 11.6 Å². The molecule has 2 saturated heterocycles. The highest BCUT2D eigenvalue weighted by Crippen LogP contribution is 2.51. The van der Waals surface area contributed by atoms with E-state index in [2.05, 4.69) is 64.2 Å². The number of aromatic nitrogens is 4. The summed E-state index contributed by atoms with van der Waals surface area (Å²) in [5.41, 5.74) is 4.94. The monoisotopic (exact) mass is 526 g/mol. The summed E-state index contributed by atoms with van der Waals surface area (Å²) < 4.78 is 7.71. The Hall–Kier alpha value is -3.10. The van der Waals surface area contributed by atoms with Gasteiger partial charge in [-0.05, 0) is 74.8 Å². The molecule has 8 nitrogen and oxygen atoms in total. The minimum Gasteiger partial charge on any atom is -0.379 e. The molecular formula is C31H38N6O2. The zero-order valence-corrected chi connectivity index (χ0v) is 23.2. The van der Waals surface area contributed by atoms with Crippen molar-refractivity contribution in [3.63, 3.8) is 0 Å². The van der Waals surface area contributed by atoms with E-state index in [0.717, 1.165) is 60.7 Å². The fourth-order valence-electron chi connectivity index (χ4n) is 6.92. The number of carbonyl (C=O) groups excluding carboxylic acids is 1. The summed E-state index contributed by atoms with van der Waals surface area (Å²) in [7, 11) is 1.98. The molecule has 2 aromatic heterocycles. The van der Waals surface area contributed by atoms with Gasteiger partial charge in [-0.15, -0.1) is 10.2 Å². The average Bonchev–Trinajstić information content (AvgIpc) is 3.62. The maximum Gasteiger partial charge on any atom is 0.259 e. The van der Waals surface area contributed by atoms with Crippen LogP contribution in [-0.2, 0) is 23.6 Å². The lowest BCUT2D eigenvalue weighted by Gasteiger charge is -2.42. The quantitative estimate of drug-likeness (QED) is 0.447. The topological polar surface area (TPSA) is 76.4 Å². The first-order valence-corrected chi connectivity index (χ1v) is 14.5. The zero-order chi connectivity index (χ0) is 26.7. The molecule has 5 heterocycles. The van der Waals surface area contributed by atoms with Crippen LogP contribution in [0.5, 0.6) is 0 Å². The second-order valence-electron chi connectivity index (χ2n) is 12.4. The highest BCUT2D eigenvalue weighted by Gasteiger charge is 2.47. The number of aryl methyl sites for hydroxylation is 1. The molecule has 1 aliphatic carbocycles. The maximum absolute atomic E-state index is 14.1. The molecule has 8 heteroatoms. The summed E-state index contributed by atoms with van der Waals surface area (Å²) in [5, 5.41) is 8.40. The highest BCUT2D eigenvalue weighted by atomic mass is 16.5.